The van der Waals surface area contributed by atoms with Crippen molar-refractivity contribution in [3.63, 3.8) is 0 Å². The Morgan fingerprint density at radius 2 is 2.08 bits per heavy atom. The predicted molar refractivity (Wildman–Crippen MR) is 49.2 cm³/mol. The summed E-state index contributed by atoms with van der Waals surface area (Å²) in [5, 5.41) is 2.69. The Hall–Kier alpha value is -1.06. The van der Waals surface area contributed by atoms with Gasteiger partial charge in [0.15, 0.2) is 0 Å². The van der Waals surface area contributed by atoms with E-state index >= 15 is 0 Å². The van der Waals surface area contributed by atoms with Gasteiger partial charge >= 0.3 is 6.03 Å². The third-order valence-electron chi connectivity index (χ3n) is 2.59. The van der Waals surface area contributed by atoms with Crippen LogP contribution in [0.4, 0.5) is 4.79 Å². The number of urea groups is 1. The Bertz CT molecular complexity index is 228. The molecule has 0 aromatic carbocycles. The van der Waals surface area contributed by atoms with Gasteiger partial charge in [-0.25, -0.2) is 4.79 Å². The van der Waals surface area contributed by atoms with Gasteiger partial charge in [0.05, 0.1) is 0 Å². The molecular weight excluding hydrogens is 168 g/mol. The van der Waals surface area contributed by atoms with Crippen molar-refractivity contribution < 1.29 is 9.59 Å². The Labute approximate surface area is 78.3 Å². The number of hydrogen-bond acceptors (Lipinski definition) is 2. The number of nitrogens with zero attached hydrogens (tertiary/aromatic N) is 1. The van der Waals surface area contributed by atoms with Gasteiger partial charge in [0.25, 0.3) is 5.91 Å². The second-order valence-electron chi connectivity index (χ2n) is 3.40. The van der Waals surface area contributed by atoms with Gasteiger partial charge in [0.2, 0.25) is 0 Å². The first kappa shape index (κ1) is 10.0. The highest BCUT2D eigenvalue weighted by Gasteiger charge is 2.39. The molecule has 0 aromatic heterocycles. The average Bonchev–Trinajstić information content (AvgIpc) is 2.40. The van der Waals surface area contributed by atoms with Crippen LogP contribution >= 0.6 is 0 Å². The average molecular weight is 184 g/mol. The van der Waals surface area contributed by atoms with Crippen LogP contribution in [-0.4, -0.2) is 29.4 Å². The minimum atomic E-state index is -0.308. The summed E-state index contributed by atoms with van der Waals surface area (Å²) in [4.78, 5) is 24.1. The highest BCUT2D eigenvalue weighted by atomic mass is 16.2. The number of amides is 3. The van der Waals surface area contributed by atoms with Crippen LogP contribution in [0.1, 0.15) is 27.2 Å². The van der Waals surface area contributed by atoms with Gasteiger partial charge in [-0.1, -0.05) is 20.3 Å². The third kappa shape index (κ3) is 1.66. The Kier molecular flexibility index (Phi) is 2.90. The topological polar surface area (TPSA) is 49.4 Å². The van der Waals surface area contributed by atoms with Crippen molar-refractivity contribution in [2.75, 3.05) is 6.54 Å². The van der Waals surface area contributed by atoms with Crippen molar-refractivity contribution in [1.29, 1.82) is 0 Å². The minimum absolute atomic E-state index is 0.0816. The number of imide groups is 1. The molecule has 0 bridgehead atoms. The third-order valence-corrected chi connectivity index (χ3v) is 2.59. The molecule has 2 unspecified atom stereocenters. The van der Waals surface area contributed by atoms with Gasteiger partial charge in [0, 0.05) is 6.54 Å². The SMILES string of the molecule is CCC(C)C1NC(=O)N(CC)C1=O. The van der Waals surface area contributed by atoms with Gasteiger partial charge < -0.3 is 5.32 Å². The monoisotopic (exact) mass is 184 g/mol. The molecule has 1 N–H and O–H groups in total. The normalized spacial score (nSPS) is 24.8. The van der Waals surface area contributed by atoms with Gasteiger partial charge in [-0.15, -0.1) is 0 Å². The van der Waals surface area contributed by atoms with E-state index in [1.807, 2.05) is 13.8 Å². The fraction of sp³-hybridized carbons (Fsp3) is 0.778. The first-order valence-corrected chi connectivity index (χ1v) is 4.73. The van der Waals surface area contributed by atoms with E-state index in [-0.39, 0.29) is 23.9 Å². The lowest BCUT2D eigenvalue weighted by molar-refractivity contribution is -0.128. The Morgan fingerprint density at radius 1 is 1.46 bits per heavy atom. The highest BCUT2D eigenvalue weighted by Crippen LogP contribution is 2.15. The molecule has 4 heteroatoms. The van der Waals surface area contributed by atoms with Crippen molar-refractivity contribution >= 4 is 11.9 Å². The van der Waals surface area contributed by atoms with Crippen molar-refractivity contribution in [2.45, 2.75) is 33.2 Å². The molecule has 0 aliphatic carbocycles. The fourth-order valence-electron chi connectivity index (χ4n) is 1.46. The first-order chi connectivity index (χ1) is 6.11. The highest BCUT2D eigenvalue weighted by molar-refractivity contribution is 6.04. The molecule has 4 nitrogen and oxygen atoms in total. The lowest BCUT2D eigenvalue weighted by Crippen LogP contribution is -2.35. The van der Waals surface area contributed by atoms with Gasteiger partial charge in [-0.2, -0.15) is 0 Å². The van der Waals surface area contributed by atoms with E-state index in [0.29, 0.717) is 6.54 Å². The number of likely N-dealkylation sites (N-methyl/N-ethyl adjacent to an activating group) is 1. The Morgan fingerprint density at radius 3 is 2.46 bits per heavy atom. The van der Waals surface area contributed by atoms with Crippen LogP contribution in [0, 0.1) is 5.92 Å². The summed E-state index contributed by atoms with van der Waals surface area (Å²) >= 11 is 0. The smallest absolute Gasteiger partial charge is 0.324 e. The van der Waals surface area contributed by atoms with Gasteiger partial charge in [0.1, 0.15) is 6.04 Å². The molecule has 13 heavy (non-hydrogen) atoms. The maximum absolute atomic E-state index is 11.6. The number of hydrogen-bond donors (Lipinski definition) is 1. The maximum Gasteiger partial charge on any atom is 0.324 e. The molecule has 2 atom stereocenters. The molecular formula is C9H16N2O2. The summed E-state index contributed by atoms with van der Waals surface area (Å²) in [6, 6.07) is -0.560. The van der Waals surface area contributed by atoms with Gasteiger partial charge in [-0.3, -0.25) is 9.69 Å². The molecule has 74 valence electrons. The summed E-state index contributed by atoms with van der Waals surface area (Å²) in [5.74, 6) is 0.134. The molecule has 0 aromatic rings. The fourth-order valence-corrected chi connectivity index (χ4v) is 1.46. The molecule has 1 saturated heterocycles. The molecule has 1 aliphatic heterocycles. The van der Waals surface area contributed by atoms with E-state index in [1.54, 1.807) is 6.92 Å². The molecule has 3 amide bonds. The summed E-state index contributed by atoms with van der Waals surface area (Å²) in [5.41, 5.74) is 0. The maximum atomic E-state index is 11.6. The standard InChI is InChI=1S/C9H16N2O2/c1-4-6(3)7-8(12)11(5-2)9(13)10-7/h6-7H,4-5H2,1-3H3,(H,10,13). The zero-order valence-corrected chi connectivity index (χ0v) is 8.33. The van der Waals surface area contributed by atoms with Crippen molar-refractivity contribution in [2.24, 2.45) is 5.92 Å². The second-order valence-corrected chi connectivity index (χ2v) is 3.40. The summed E-state index contributed by atoms with van der Waals surface area (Å²) < 4.78 is 0. The van der Waals surface area contributed by atoms with E-state index < -0.39 is 0 Å². The minimum Gasteiger partial charge on any atom is -0.326 e. The summed E-state index contributed by atoms with van der Waals surface area (Å²) in [7, 11) is 0. The van der Waals surface area contributed by atoms with Gasteiger partial charge in [-0.05, 0) is 12.8 Å². The molecule has 0 spiro atoms. The lowest BCUT2D eigenvalue weighted by Gasteiger charge is -2.14. The number of carbonyl (C=O) groups is 2. The van der Waals surface area contributed by atoms with Crippen LogP contribution in [0.15, 0.2) is 0 Å². The largest absolute Gasteiger partial charge is 0.326 e. The van der Waals surface area contributed by atoms with Crippen LogP contribution in [-0.2, 0) is 4.79 Å². The van der Waals surface area contributed by atoms with Crippen LogP contribution in [0.5, 0.6) is 0 Å². The van der Waals surface area contributed by atoms with Crippen molar-refractivity contribution in [1.82, 2.24) is 10.2 Å². The zero-order valence-electron chi connectivity index (χ0n) is 8.33. The summed E-state index contributed by atoms with van der Waals surface area (Å²) in [6.45, 7) is 6.24. The predicted octanol–water partition coefficient (Wildman–Crippen LogP) is 0.973. The summed E-state index contributed by atoms with van der Waals surface area (Å²) in [6.07, 6.45) is 0.897. The molecule has 0 radical (unpaired) electrons. The lowest BCUT2D eigenvalue weighted by atomic mass is 9.99. The van der Waals surface area contributed by atoms with Crippen LogP contribution in [0.3, 0.4) is 0 Å². The molecule has 1 aliphatic rings. The van der Waals surface area contributed by atoms with Crippen molar-refractivity contribution in [3.05, 3.63) is 0 Å². The number of nitrogens with one attached hydrogen (secondary N) is 1. The molecule has 0 saturated carbocycles. The van der Waals surface area contributed by atoms with E-state index in [9.17, 15) is 9.59 Å². The van der Waals surface area contributed by atoms with E-state index in [1.165, 1.54) is 4.90 Å². The van der Waals surface area contributed by atoms with Crippen LogP contribution in [0.25, 0.3) is 0 Å². The number of rotatable bonds is 3. The van der Waals surface area contributed by atoms with E-state index in [2.05, 4.69) is 5.32 Å². The quantitative estimate of drug-likeness (QED) is 0.664. The first-order valence-electron chi connectivity index (χ1n) is 4.73. The van der Waals surface area contributed by atoms with Crippen LogP contribution in [0.2, 0.25) is 0 Å². The zero-order chi connectivity index (χ0) is 10.0. The van der Waals surface area contributed by atoms with E-state index in [0.717, 1.165) is 6.42 Å². The molecule has 1 fully saturated rings. The Balaban J connectivity index is 2.72. The number of carbonyl (C=O) groups excluding carboxylic acids is 2. The van der Waals surface area contributed by atoms with E-state index in [4.69, 9.17) is 0 Å². The second kappa shape index (κ2) is 3.77. The molecule has 1 heterocycles. The van der Waals surface area contributed by atoms with Crippen LogP contribution < -0.4 is 5.32 Å². The molecule has 1 rings (SSSR count). The van der Waals surface area contributed by atoms with Crippen molar-refractivity contribution in [3.8, 4) is 0 Å².